The summed E-state index contributed by atoms with van der Waals surface area (Å²) >= 11 is 0. The zero-order valence-corrected chi connectivity index (χ0v) is 9.63. The molecular weight excluding hydrogens is 174 g/mol. The summed E-state index contributed by atoms with van der Waals surface area (Å²) in [4.78, 5) is 0. The van der Waals surface area contributed by atoms with Crippen LogP contribution in [0.3, 0.4) is 0 Å². The standard InChI is InChI=1S/C12H25NO/c1-3-10(4-2)9-13-12(7-8-14)11-5-6-11/h10-14H,3-9H2,1-2H3. The molecule has 0 aromatic heterocycles. The topological polar surface area (TPSA) is 32.3 Å². The van der Waals surface area contributed by atoms with E-state index >= 15 is 0 Å². The van der Waals surface area contributed by atoms with E-state index in [4.69, 9.17) is 5.11 Å². The third kappa shape index (κ3) is 3.97. The number of hydrogen-bond donors (Lipinski definition) is 2. The highest BCUT2D eigenvalue weighted by Gasteiger charge is 2.30. The maximum atomic E-state index is 8.95. The lowest BCUT2D eigenvalue weighted by atomic mass is 10.0. The van der Waals surface area contributed by atoms with Gasteiger partial charge in [-0.05, 0) is 37.6 Å². The van der Waals surface area contributed by atoms with Gasteiger partial charge in [0.15, 0.2) is 0 Å². The predicted octanol–water partition coefficient (Wildman–Crippen LogP) is 2.17. The van der Waals surface area contributed by atoms with Crippen LogP contribution >= 0.6 is 0 Å². The van der Waals surface area contributed by atoms with Gasteiger partial charge in [0.05, 0.1) is 0 Å². The highest BCUT2D eigenvalue weighted by Crippen LogP contribution is 2.34. The molecular formula is C12H25NO. The summed E-state index contributed by atoms with van der Waals surface area (Å²) < 4.78 is 0. The second-order valence-electron chi connectivity index (χ2n) is 4.55. The van der Waals surface area contributed by atoms with E-state index in [-0.39, 0.29) is 0 Å². The average molecular weight is 199 g/mol. The first kappa shape index (κ1) is 12.0. The molecule has 84 valence electrons. The van der Waals surface area contributed by atoms with E-state index < -0.39 is 0 Å². The van der Waals surface area contributed by atoms with Crippen LogP contribution in [0.4, 0.5) is 0 Å². The van der Waals surface area contributed by atoms with Gasteiger partial charge in [0.1, 0.15) is 0 Å². The van der Waals surface area contributed by atoms with Gasteiger partial charge in [0, 0.05) is 12.6 Å². The molecule has 0 saturated heterocycles. The van der Waals surface area contributed by atoms with Crippen molar-refractivity contribution in [3.63, 3.8) is 0 Å². The third-order valence-corrected chi connectivity index (χ3v) is 3.45. The molecule has 0 spiro atoms. The van der Waals surface area contributed by atoms with E-state index in [0.717, 1.165) is 24.8 Å². The highest BCUT2D eigenvalue weighted by molar-refractivity contribution is 4.86. The SMILES string of the molecule is CCC(CC)CNC(CCO)C1CC1. The number of nitrogens with one attached hydrogen (secondary N) is 1. The molecule has 1 fully saturated rings. The molecule has 0 aliphatic heterocycles. The van der Waals surface area contributed by atoms with Crippen LogP contribution in [0.25, 0.3) is 0 Å². The number of rotatable bonds is 8. The Morgan fingerprint density at radius 2 is 1.93 bits per heavy atom. The average Bonchev–Trinajstić information content (AvgIpc) is 3.01. The fourth-order valence-electron chi connectivity index (χ4n) is 2.04. The van der Waals surface area contributed by atoms with E-state index in [2.05, 4.69) is 19.2 Å². The predicted molar refractivity (Wildman–Crippen MR) is 60.3 cm³/mol. The summed E-state index contributed by atoms with van der Waals surface area (Å²) in [5.74, 6) is 1.67. The molecule has 1 saturated carbocycles. The molecule has 1 aliphatic rings. The zero-order chi connectivity index (χ0) is 10.4. The Hall–Kier alpha value is -0.0800. The molecule has 0 aromatic rings. The molecule has 0 radical (unpaired) electrons. The van der Waals surface area contributed by atoms with E-state index in [1.807, 2.05) is 0 Å². The minimum atomic E-state index is 0.330. The van der Waals surface area contributed by atoms with Gasteiger partial charge in [0.25, 0.3) is 0 Å². The van der Waals surface area contributed by atoms with Gasteiger partial charge in [-0.15, -0.1) is 0 Å². The van der Waals surface area contributed by atoms with Crippen molar-refractivity contribution in [2.45, 2.75) is 52.0 Å². The maximum absolute atomic E-state index is 8.95. The Morgan fingerprint density at radius 1 is 1.29 bits per heavy atom. The summed E-state index contributed by atoms with van der Waals surface area (Å²) in [5, 5.41) is 12.6. The van der Waals surface area contributed by atoms with Crippen molar-refractivity contribution in [1.29, 1.82) is 0 Å². The summed E-state index contributed by atoms with van der Waals surface area (Å²) in [6.45, 7) is 5.98. The van der Waals surface area contributed by atoms with Crippen molar-refractivity contribution >= 4 is 0 Å². The Bertz CT molecular complexity index is 141. The van der Waals surface area contributed by atoms with E-state index in [0.29, 0.717) is 12.6 Å². The summed E-state index contributed by atoms with van der Waals surface area (Å²) in [6, 6.07) is 0.584. The first-order chi connectivity index (χ1) is 6.81. The van der Waals surface area contributed by atoms with Gasteiger partial charge in [0.2, 0.25) is 0 Å². The molecule has 14 heavy (non-hydrogen) atoms. The van der Waals surface area contributed by atoms with Gasteiger partial charge >= 0.3 is 0 Å². The van der Waals surface area contributed by atoms with Crippen LogP contribution in [0.1, 0.15) is 46.0 Å². The zero-order valence-electron chi connectivity index (χ0n) is 9.63. The monoisotopic (exact) mass is 199 g/mol. The molecule has 1 unspecified atom stereocenters. The number of aliphatic hydroxyl groups excluding tert-OH is 1. The third-order valence-electron chi connectivity index (χ3n) is 3.45. The van der Waals surface area contributed by atoms with Gasteiger partial charge in [-0.3, -0.25) is 0 Å². The Balaban J connectivity index is 2.17. The first-order valence-corrected chi connectivity index (χ1v) is 6.16. The molecule has 2 heteroatoms. The lowest BCUT2D eigenvalue weighted by Gasteiger charge is -2.20. The van der Waals surface area contributed by atoms with Crippen molar-refractivity contribution in [1.82, 2.24) is 5.32 Å². The summed E-state index contributed by atoms with van der Waals surface area (Å²) in [6.07, 6.45) is 6.19. The molecule has 0 heterocycles. The Kier molecular flexibility index (Phi) is 5.49. The second kappa shape index (κ2) is 6.41. The Labute approximate surface area is 88.1 Å². The van der Waals surface area contributed by atoms with Gasteiger partial charge < -0.3 is 10.4 Å². The smallest absolute Gasteiger partial charge is 0.0445 e. The minimum Gasteiger partial charge on any atom is -0.396 e. The second-order valence-corrected chi connectivity index (χ2v) is 4.55. The van der Waals surface area contributed by atoms with Crippen LogP contribution in [0.15, 0.2) is 0 Å². The van der Waals surface area contributed by atoms with Crippen molar-refractivity contribution in [3.8, 4) is 0 Å². The highest BCUT2D eigenvalue weighted by atomic mass is 16.3. The minimum absolute atomic E-state index is 0.330. The van der Waals surface area contributed by atoms with Crippen LogP contribution in [0.2, 0.25) is 0 Å². The number of hydrogen-bond acceptors (Lipinski definition) is 2. The fraction of sp³-hybridized carbons (Fsp3) is 1.00. The normalized spacial score (nSPS) is 18.9. The lowest BCUT2D eigenvalue weighted by molar-refractivity contribution is 0.251. The van der Waals surface area contributed by atoms with Gasteiger partial charge in [-0.2, -0.15) is 0 Å². The molecule has 0 aromatic carbocycles. The fourth-order valence-corrected chi connectivity index (χ4v) is 2.04. The summed E-state index contributed by atoms with van der Waals surface area (Å²) in [5.41, 5.74) is 0. The van der Waals surface area contributed by atoms with Gasteiger partial charge in [-0.1, -0.05) is 26.7 Å². The van der Waals surface area contributed by atoms with Gasteiger partial charge in [-0.25, -0.2) is 0 Å². The van der Waals surface area contributed by atoms with Crippen molar-refractivity contribution in [2.24, 2.45) is 11.8 Å². The maximum Gasteiger partial charge on any atom is 0.0445 e. The van der Waals surface area contributed by atoms with Crippen LogP contribution < -0.4 is 5.32 Å². The first-order valence-electron chi connectivity index (χ1n) is 6.16. The van der Waals surface area contributed by atoms with Crippen LogP contribution in [-0.4, -0.2) is 24.3 Å². The molecule has 1 rings (SSSR count). The van der Waals surface area contributed by atoms with E-state index in [1.54, 1.807) is 0 Å². The van der Waals surface area contributed by atoms with Crippen molar-refractivity contribution in [3.05, 3.63) is 0 Å². The number of aliphatic hydroxyl groups is 1. The molecule has 0 amide bonds. The molecule has 2 nitrogen and oxygen atoms in total. The van der Waals surface area contributed by atoms with E-state index in [1.165, 1.54) is 25.7 Å². The van der Waals surface area contributed by atoms with E-state index in [9.17, 15) is 0 Å². The molecule has 1 aliphatic carbocycles. The molecule has 0 bridgehead atoms. The lowest BCUT2D eigenvalue weighted by Crippen LogP contribution is -2.35. The van der Waals surface area contributed by atoms with Crippen molar-refractivity contribution < 1.29 is 5.11 Å². The van der Waals surface area contributed by atoms with Crippen molar-refractivity contribution in [2.75, 3.05) is 13.2 Å². The van der Waals surface area contributed by atoms with Crippen LogP contribution in [0, 0.1) is 11.8 Å². The quantitative estimate of drug-likeness (QED) is 0.628. The molecule has 1 atom stereocenters. The largest absolute Gasteiger partial charge is 0.396 e. The van der Waals surface area contributed by atoms with Crippen LogP contribution in [-0.2, 0) is 0 Å². The van der Waals surface area contributed by atoms with Crippen LogP contribution in [0.5, 0.6) is 0 Å². The summed E-state index contributed by atoms with van der Waals surface area (Å²) in [7, 11) is 0. The Morgan fingerprint density at radius 3 is 2.36 bits per heavy atom. The molecule has 2 N–H and O–H groups in total.